The van der Waals surface area contributed by atoms with Crippen LogP contribution in [0.5, 0.6) is 0 Å². The van der Waals surface area contributed by atoms with Crippen LogP contribution in [-0.2, 0) is 28.4 Å². The lowest BCUT2D eigenvalue weighted by Gasteiger charge is -2.41. The van der Waals surface area contributed by atoms with Gasteiger partial charge in [0.2, 0.25) is 0 Å². The van der Waals surface area contributed by atoms with Gasteiger partial charge in [0.15, 0.2) is 0 Å². The number of fused-ring (bicyclic) bond motifs is 1. The third-order valence-corrected chi connectivity index (χ3v) is 7.99. The van der Waals surface area contributed by atoms with Crippen molar-refractivity contribution in [2.75, 3.05) is 24.5 Å². The Kier molecular flexibility index (Phi) is 6.50. The molecule has 0 saturated carbocycles. The van der Waals surface area contributed by atoms with Gasteiger partial charge in [0.05, 0.1) is 22.1 Å². The number of carboxylic acid groups (broad SMARTS) is 1. The molecule has 0 amide bonds. The lowest BCUT2D eigenvalue weighted by Crippen LogP contribution is -2.53. The highest BCUT2D eigenvalue weighted by atomic mass is 32.2. The number of hydrogen-bond donors (Lipinski definition) is 1. The molecular weight excluding hydrogens is 460 g/mol. The van der Waals surface area contributed by atoms with Crippen LogP contribution in [-0.4, -0.2) is 45.3 Å². The summed E-state index contributed by atoms with van der Waals surface area (Å²) in [6.45, 7) is 2.84. The van der Waals surface area contributed by atoms with Crippen LogP contribution in [0.4, 0.5) is 23.2 Å². The zero-order chi connectivity index (χ0) is 23.9. The number of anilines is 1. The van der Waals surface area contributed by atoms with E-state index in [0.29, 0.717) is 55.4 Å². The minimum atomic E-state index is -4.61. The fraction of sp³-hybridized carbons (Fsp3) is 0.435. The maximum absolute atomic E-state index is 14.5. The van der Waals surface area contributed by atoms with Gasteiger partial charge in [-0.15, -0.1) is 0 Å². The molecule has 4 rings (SSSR count). The van der Waals surface area contributed by atoms with Gasteiger partial charge in [0.25, 0.3) is 0 Å². The number of carbonyl (C=O) groups is 1. The topological polar surface area (TPSA) is 60.9 Å². The van der Waals surface area contributed by atoms with Gasteiger partial charge < -0.3 is 10.0 Å². The zero-order valence-electron chi connectivity index (χ0n) is 17.9. The average Bonchev–Trinajstić information content (AvgIpc) is 3.21. The first kappa shape index (κ1) is 23.7. The van der Waals surface area contributed by atoms with E-state index in [9.17, 15) is 31.7 Å². The number of halogens is 4. The number of aliphatic carboxylic acids is 1. The van der Waals surface area contributed by atoms with E-state index >= 15 is 0 Å². The molecule has 1 heterocycles. The normalized spacial score (nSPS) is 22.3. The summed E-state index contributed by atoms with van der Waals surface area (Å²) in [5.41, 5.74) is 0.713. The van der Waals surface area contributed by atoms with Crippen molar-refractivity contribution in [3.8, 4) is 0 Å². The highest BCUT2D eigenvalue weighted by Crippen LogP contribution is 2.36. The number of hydrogen-bond acceptors (Lipinski definition) is 3. The van der Waals surface area contributed by atoms with Crippen LogP contribution in [0.25, 0.3) is 0 Å². The first-order valence-electron chi connectivity index (χ1n) is 10.8. The van der Waals surface area contributed by atoms with Crippen LogP contribution in [0.15, 0.2) is 41.3 Å². The summed E-state index contributed by atoms with van der Waals surface area (Å²) in [7, 11) is -1.54. The first-order valence-corrected chi connectivity index (χ1v) is 11.9. The molecule has 0 radical (unpaired) electrons. The molecule has 10 heteroatoms. The maximum atomic E-state index is 14.5. The van der Waals surface area contributed by atoms with Gasteiger partial charge in [-0.25, -0.2) is 12.9 Å². The fourth-order valence-corrected chi connectivity index (χ4v) is 6.05. The molecule has 178 valence electrons. The SMILES string of the molecule is CCC1CN(c2ccc(C(F)(F)F)cc2F)CCN1S(=O)c1ccc2c(c1)C(C(=O)O)CC2. The first-order chi connectivity index (χ1) is 15.6. The van der Waals surface area contributed by atoms with Crippen LogP contribution < -0.4 is 4.90 Å². The van der Waals surface area contributed by atoms with Crippen LogP contribution >= 0.6 is 0 Å². The Morgan fingerprint density at radius 3 is 2.58 bits per heavy atom. The van der Waals surface area contributed by atoms with Crippen LogP contribution in [0.1, 0.15) is 42.4 Å². The molecule has 0 aromatic heterocycles. The van der Waals surface area contributed by atoms with Gasteiger partial charge in [-0.1, -0.05) is 13.0 Å². The van der Waals surface area contributed by atoms with E-state index in [4.69, 9.17) is 0 Å². The van der Waals surface area contributed by atoms with E-state index in [2.05, 4.69) is 0 Å². The largest absolute Gasteiger partial charge is 0.481 e. The van der Waals surface area contributed by atoms with Gasteiger partial charge >= 0.3 is 12.1 Å². The van der Waals surface area contributed by atoms with E-state index in [0.717, 1.165) is 17.7 Å². The molecule has 2 aromatic rings. The Bertz CT molecular complexity index is 1090. The number of rotatable bonds is 5. The molecule has 0 bridgehead atoms. The smallest absolute Gasteiger partial charge is 0.416 e. The average molecular weight is 485 g/mol. The van der Waals surface area contributed by atoms with Crippen molar-refractivity contribution in [3.63, 3.8) is 0 Å². The Balaban J connectivity index is 1.53. The molecule has 0 spiro atoms. The van der Waals surface area contributed by atoms with E-state index in [1.54, 1.807) is 21.3 Å². The van der Waals surface area contributed by atoms with Crippen molar-refractivity contribution >= 4 is 22.6 Å². The molecule has 2 aliphatic rings. The molecule has 1 N–H and O–H groups in total. The summed E-state index contributed by atoms with van der Waals surface area (Å²) in [4.78, 5) is 13.7. The van der Waals surface area contributed by atoms with Gasteiger partial charge in [0, 0.05) is 25.7 Å². The Hall–Kier alpha value is -2.46. The number of piperazine rings is 1. The third-order valence-electron chi connectivity index (χ3n) is 6.42. The van der Waals surface area contributed by atoms with E-state index in [1.807, 2.05) is 13.0 Å². The van der Waals surface area contributed by atoms with Crippen LogP contribution in [0, 0.1) is 5.82 Å². The van der Waals surface area contributed by atoms with E-state index < -0.39 is 40.4 Å². The van der Waals surface area contributed by atoms with Gasteiger partial charge in [-0.05, 0) is 60.7 Å². The quantitative estimate of drug-likeness (QED) is 0.631. The molecule has 1 saturated heterocycles. The van der Waals surface area contributed by atoms with E-state index in [1.165, 1.54) is 0 Å². The molecule has 3 atom stereocenters. The van der Waals surface area contributed by atoms with Crippen molar-refractivity contribution in [2.45, 2.75) is 49.2 Å². The standard InChI is InChI=1S/C23H24F4N2O3S/c1-2-16-13-28(21-8-5-15(11-20(21)24)23(25,26)27)9-10-29(16)33(32)17-6-3-14-4-7-18(22(30)31)19(14)12-17/h3,5-6,8,11-12,16,18H,2,4,7,9-10,13H2,1H3,(H,30,31). The molecule has 1 aliphatic carbocycles. The predicted octanol–water partition coefficient (Wildman–Crippen LogP) is 4.58. The lowest BCUT2D eigenvalue weighted by molar-refractivity contribution is -0.139. The second kappa shape index (κ2) is 9.06. The molecule has 2 aromatic carbocycles. The molecular formula is C23H24F4N2O3S. The number of carboxylic acids is 1. The highest BCUT2D eigenvalue weighted by Gasteiger charge is 2.35. The molecule has 5 nitrogen and oxygen atoms in total. The maximum Gasteiger partial charge on any atom is 0.416 e. The minimum absolute atomic E-state index is 0.0914. The number of nitrogens with zero attached hydrogens (tertiary/aromatic N) is 2. The fourth-order valence-electron chi connectivity index (χ4n) is 4.63. The molecule has 1 aliphatic heterocycles. The lowest BCUT2D eigenvalue weighted by atomic mass is 10.0. The number of alkyl halides is 3. The number of aryl methyl sites for hydroxylation is 1. The summed E-state index contributed by atoms with van der Waals surface area (Å²) in [5, 5.41) is 9.46. The minimum Gasteiger partial charge on any atom is -0.481 e. The summed E-state index contributed by atoms with van der Waals surface area (Å²) >= 11 is 0. The van der Waals surface area contributed by atoms with Crippen molar-refractivity contribution in [3.05, 3.63) is 58.9 Å². The highest BCUT2D eigenvalue weighted by molar-refractivity contribution is 7.82. The van der Waals surface area contributed by atoms with Crippen molar-refractivity contribution in [1.82, 2.24) is 4.31 Å². The predicted molar refractivity (Wildman–Crippen MR) is 116 cm³/mol. The second-order valence-corrected chi connectivity index (χ2v) is 9.79. The van der Waals surface area contributed by atoms with Gasteiger partial charge in [-0.2, -0.15) is 13.2 Å². The van der Waals surface area contributed by atoms with Crippen molar-refractivity contribution < 1.29 is 31.7 Å². The summed E-state index contributed by atoms with van der Waals surface area (Å²) < 4.78 is 68.2. The van der Waals surface area contributed by atoms with Gasteiger partial charge in [0.1, 0.15) is 16.8 Å². The summed E-state index contributed by atoms with van der Waals surface area (Å²) in [6.07, 6.45) is -2.81. The summed E-state index contributed by atoms with van der Waals surface area (Å²) in [6, 6.07) is 7.60. The molecule has 3 unspecified atom stereocenters. The number of benzene rings is 2. The van der Waals surface area contributed by atoms with E-state index in [-0.39, 0.29) is 11.7 Å². The summed E-state index contributed by atoms with van der Waals surface area (Å²) in [5.74, 6) is -2.43. The zero-order valence-corrected chi connectivity index (χ0v) is 18.8. The Labute approximate surface area is 191 Å². The monoisotopic (exact) mass is 484 g/mol. The Morgan fingerprint density at radius 1 is 1.18 bits per heavy atom. The van der Waals surface area contributed by atoms with Crippen molar-refractivity contribution in [2.24, 2.45) is 0 Å². The molecule has 1 fully saturated rings. The van der Waals surface area contributed by atoms with Crippen LogP contribution in [0.3, 0.4) is 0 Å². The second-order valence-electron chi connectivity index (χ2n) is 8.35. The third kappa shape index (κ3) is 4.63. The molecule has 33 heavy (non-hydrogen) atoms. The Morgan fingerprint density at radius 2 is 1.94 bits per heavy atom. The van der Waals surface area contributed by atoms with Gasteiger partial charge in [-0.3, -0.25) is 4.79 Å². The van der Waals surface area contributed by atoms with Crippen LogP contribution in [0.2, 0.25) is 0 Å². The van der Waals surface area contributed by atoms with Crippen molar-refractivity contribution in [1.29, 1.82) is 0 Å².